The first-order chi connectivity index (χ1) is 8.75. The van der Waals surface area contributed by atoms with E-state index < -0.39 is 5.97 Å². The maximum Gasteiger partial charge on any atom is 0.354 e. The standard InChI is InChI=1S/C13H9N3O2/c17-13(18)10-5-3-7-12(15-10)16-8-14-9-4-1-2-6-11(9)16/h1-8H,(H,17,18). The number of carboxylic acid groups (broad SMARTS) is 1. The summed E-state index contributed by atoms with van der Waals surface area (Å²) in [6.07, 6.45) is 1.64. The Morgan fingerprint density at radius 3 is 2.78 bits per heavy atom. The average Bonchev–Trinajstić information content (AvgIpc) is 2.82. The van der Waals surface area contributed by atoms with Gasteiger partial charge in [-0.25, -0.2) is 14.8 Å². The Hall–Kier alpha value is -2.69. The predicted octanol–water partition coefficient (Wildman–Crippen LogP) is 2.12. The summed E-state index contributed by atoms with van der Waals surface area (Å²) in [5.74, 6) is -0.495. The molecule has 0 atom stereocenters. The maximum absolute atomic E-state index is 10.9. The minimum atomic E-state index is -1.04. The lowest BCUT2D eigenvalue weighted by atomic mass is 10.3. The van der Waals surface area contributed by atoms with E-state index in [2.05, 4.69) is 9.97 Å². The highest BCUT2D eigenvalue weighted by molar-refractivity contribution is 5.85. The van der Waals surface area contributed by atoms with Crippen LogP contribution in [0.25, 0.3) is 16.9 Å². The van der Waals surface area contributed by atoms with Crippen LogP contribution in [0.4, 0.5) is 0 Å². The van der Waals surface area contributed by atoms with Gasteiger partial charge in [0.2, 0.25) is 0 Å². The lowest BCUT2D eigenvalue weighted by Crippen LogP contribution is -2.04. The molecule has 5 heteroatoms. The summed E-state index contributed by atoms with van der Waals surface area (Å²) in [5.41, 5.74) is 1.76. The van der Waals surface area contributed by atoms with E-state index in [9.17, 15) is 4.79 Å². The van der Waals surface area contributed by atoms with Crippen molar-refractivity contribution in [1.29, 1.82) is 0 Å². The van der Waals surface area contributed by atoms with Crippen molar-refractivity contribution in [3.05, 3.63) is 54.5 Å². The van der Waals surface area contributed by atoms with Crippen LogP contribution in [0.3, 0.4) is 0 Å². The number of carbonyl (C=O) groups is 1. The Morgan fingerprint density at radius 1 is 1.11 bits per heavy atom. The first kappa shape index (κ1) is 10.5. The highest BCUT2D eigenvalue weighted by Crippen LogP contribution is 2.16. The number of carboxylic acids is 1. The molecular weight excluding hydrogens is 230 g/mol. The summed E-state index contributed by atoms with van der Waals surface area (Å²) in [6, 6.07) is 12.5. The van der Waals surface area contributed by atoms with E-state index in [-0.39, 0.29) is 5.69 Å². The van der Waals surface area contributed by atoms with Gasteiger partial charge in [0.15, 0.2) is 5.69 Å². The van der Waals surface area contributed by atoms with Crippen LogP contribution in [0.5, 0.6) is 0 Å². The first-order valence-corrected chi connectivity index (χ1v) is 5.38. The van der Waals surface area contributed by atoms with E-state index in [1.54, 1.807) is 23.0 Å². The Balaban J connectivity index is 2.20. The third-order valence-corrected chi connectivity index (χ3v) is 2.65. The Bertz CT molecular complexity index is 734. The van der Waals surface area contributed by atoms with Crippen LogP contribution < -0.4 is 0 Å². The number of hydrogen-bond acceptors (Lipinski definition) is 3. The molecule has 0 spiro atoms. The fourth-order valence-electron chi connectivity index (χ4n) is 1.82. The molecule has 1 N–H and O–H groups in total. The number of rotatable bonds is 2. The van der Waals surface area contributed by atoms with Crippen molar-refractivity contribution in [2.45, 2.75) is 0 Å². The molecule has 18 heavy (non-hydrogen) atoms. The van der Waals surface area contributed by atoms with Crippen molar-refractivity contribution >= 4 is 17.0 Å². The fourth-order valence-corrected chi connectivity index (χ4v) is 1.82. The maximum atomic E-state index is 10.9. The highest BCUT2D eigenvalue weighted by atomic mass is 16.4. The summed E-state index contributed by atoms with van der Waals surface area (Å²) in [7, 11) is 0. The van der Waals surface area contributed by atoms with Crippen LogP contribution in [0.15, 0.2) is 48.8 Å². The number of para-hydroxylation sites is 2. The molecule has 3 rings (SSSR count). The van der Waals surface area contributed by atoms with Gasteiger partial charge in [0, 0.05) is 0 Å². The molecule has 0 fully saturated rings. The smallest absolute Gasteiger partial charge is 0.354 e. The van der Waals surface area contributed by atoms with E-state index in [1.807, 2.05) is 24.3 Å². The van der Waals surface area contributed by atoms with Gasteiger partial charge in [0.05, 0.1) is 11.0 Å². The molecule has 0 bridgehead atoms. The molecule has 1 aromatic carbocycles. The van der Waals surface area contributed by atoms with Gasteiger partial charge in [0.25, 0.3) is 0 Å². The van der Waals surface area contributed by atoms with E-state index >= 15 is 0 Å². The Labute approximate surface area is 102 Å². The van der Waals surface area contributed by atoms with Crippen molar-refractivity contribution in [2.24, 2.45) is 0 Å². The minimum absolute atomic E-state index is 0.0188. The summed E-state index contributed by atoms with van der Waals surface area (Å²) in [4.78, 5) is 19.2. The lowest BCUT2D eigenvalue weighted by molar-refractivity contribution is 0.0690. The monoisotopic (exact) mass is 239 g/mol. The zero-order valence-electron chi connectivity index (χ0n) is 9.32. The summed E-state index contributed by atoms with van der Waals surface area (Å²) < 4.78 is 1.77. The molecule has 2 aromatic heterocycles. The van der Waals surface area contributed by atoms with Gasteiger partial charge in [0.1, 0.15) is 12.1 Å². The number of imidazole rings is 1. The molecular formula is C13H9N3O2. The third kappa shape index (κ3) is 1.62. The molecule has 0 amide bonds. The molecule has 0 saturated heterocycles. The van der Waals surface area contributed by atoms with Gasteiger partial charge in [-0.05, 0) is 24.3 Å². The van der Waals surface area contributed by atoms with Crippen LogP contribution >= 0.6 is 0 Å². The second-order valence-corrected chi connectivity index (χ2v) is 3.79. The van der Waals surface area contributed by atoms with Gasteiger partial charge >= 0.3 is 5.97 Å². The minimum Gasteiger partial charge on any atom is -0.477 e. The van der Waals surface area contributed by atoms with E-state index in [0.29, 0.717) is 5.82 Å². The molecule has 0 saturated carbocycles. The summed E-state index contributed by atoms with van der Waals surface area (Å²) in [5, 5.41) is 8.93. The van der Waals surface area contributed by atoms with Gasteiger partial charge in [-0.2, -0.15) is 0 Å². The third-order valence-electron chi connectivity index (χ3n) is 2.65. The van der Waals surface area contributed by atoms with Crippen LogP contribution in [0.1, 0.15) is 10.5 Å². The molecule has 0 unspecified atom stereocenters. The van der Waals surface area contributed by atoms with Crippen molar-refractivity contribution in [3.8, 4) is 5.82 Å². The van der Waals surface area contributed by atoms with Crippen LogP contribution in [-0.4, -0.2) is 25.6 Å². The largest absolute Gasteiger partial charge is 0.477 e. The number of aromatic nitrogens is 3. The molecule has 0 aliphatic heterocycles. The Kier molecular flexibility index (Phi) is 2.30. The van der Waals surface area contributed by atoms with E-state index in [0.717, 1.165) is 11.0 Å². The van der Waals surface area contributed by atoms with Gasteiger partial charge < -0.3 is 5.11 Å². The topological polar surface area (TPSA) is 68.0 Å². The molecule has 5 nitrogen and oxygen atoms in total. The molecule has 88 valence electrons. The van der Waals surface area contributed by atoms with E-state index in [1.165, 1.54) is 6.07 Å². The van der Waals surface area contributed by atoms with Crippen LogP contribution in [-0.2, 0) is 0 Å². The predicted molar refractivity (Wildman–Crippen MR) is 65.8 cm³/mol. The van der Waals surface area contributed by atoms with E-state index in [4.69, 9.17) is 5.11 Å². The SMILES string of the molecule is O=C(O)c1cccc(-n2cnc3ccccc32)n1. The average molecular weight is 239 g/mol. The van der Waals surface area contributed by atoms with Gasteiger partial charge in [-0.15, -0.1) is 0 Å². The highest BCUT2D eigenvalue weighted by Gasteiger charge is 2.08. The summed E-state index contributed by atoms with van der Waals surface area (Å²) in [6.45, 7) is 0. The molecule has 3 aromatic rings. The summed E-state index contributed by atoms with van der Waals surface area (Å²) >= 11 is 0. The number of pyridine rings is 1. The molecule has 0 radical (unpaired) electrons. The second kappa shape index (κ2) is 3.96. The van der Waals surface area contributed by atoms with Crippen molar-refractivity contribution in [3.63, 3.8) is 0 Å². The van der Waals surface area contributed by atoms with Crippen LogP contribution in [0, 0.1) is 0 Å². The number of nitrogens with zero attached hydrogens (tertiary/aromatic N) is 3. The molecule has 0 aliphatic rings. The first-order valence-electron chi connectivity index (χ1n) is 5.38. The fraction of sp³-hybridized carbons (Fsp3) is 0. The lowest BCUT2D eigenvalue weighted by Gasteiger charge is -2.03. The number of fused-ring (bicyclic) bond motifs is 1. The number of aromatic carboxylic acids is 1. The quantitative estimate of drug-likeness (QED) is 0.743. The number of hydrogen-bond donors (Lipinski definition) is 1. The molecule has 2 heterocycles. The Morgan fingerprint density at radius 2 is 1.94 bits per heavy atom. The zero-order chi connectivity index (χ0) is 12.5. The number of benzene rings is 1. The van der Waals surface area contributed by atoms with Crippen molar-refractivity contribution in [1.82, 2.24) is 14.5 Å². The van der Waals surface area contributed by atoms with Gasteiger partial charge in [-0.3, -0.25) is 4.57 Å². The van der Waals surface area contributed by atoms with Crippen molar-refractivity contribution < 1.29 is 9.90 Å². The normalized spacial score (nSPS) is 10.7. The van der Waals surface area contributed by atoms with Crippen molar-refractivity contribution in [2.75, 3.05) is 0 Å². The molecule has 0 aliphatic carbocycles. The van der Waals surface area contributed by atoms with Crippen LogP contribution in [0.2, 0.25) is 0 Å². The zero-order valence-corrected chi connectivity index (χ0v) is 9.32. The van der Waals surface area contributed by atoms with Gasteiger partial charge in [-0.1, -0.05) is 18.2 Å². The second-order valence-electron chi connectivity index (χ2n) is 3.79.